The zero-order valence-electron chi connectivity index (χ0n) is 28.2. The molecule has 12 heteroatoms. The number of para-hydroxylation sites is 1. The Hall–Kier alpha value is -4.26. The Morgan fingerprint density at radius 2 is 1.67 bits per heavy atom. The molecule has 4 heterocycles. The van der Waals surface area contributed by atoms with E-state index >= 15 is 0 Å². The van der Waals surface area contributed by atoms with Crippen molar-refractivity contribution in [2.75, 3.05) is 6.54 Å². The van der Waals surface area contributed by atoms with E-state index in [1.165, 1.54) is 0 Å². The molecule has 0 bridgehead atoms. The van der Waals surface area contributed by atoms with E-state index in [1.807, 2.05) is 83.1 Å². The van der Waals surface area contributed by atoms with Crippen molar-refractivity contribution in [3.05, 3.63) is 78.0 Å². The third kappa shape index (κ3) is 5.59. The first-order chi connectivity index (χ1) is 23.3. The third-order valence-electron chi connectivity index (χ3n) is 10.9. The van der Waals surface area contributed by atoms with Crippen LogP contribution in [-0.2, 0) is 25.4 Å². The molecule has 1 unspecified atom stereocenters. The van der Waals surface area contributed by atoms with Crippen LogP contribution in [0.4, 0.5) is 0 Å². The summed E-state index contributed by atoms with van der Waals surface area (Å²) >= 11 is 1.59. The van der Waals surface area contributed by atoms with Gasteiger partial charge in [0.05, 0.1) is 34.1 Å². The van der Waals surface area contributed by atoms with Crippen LogP contribution in [-0.4, -0.2) is 64.1 Å². The van der Waals surface area contributed by atoms with Gasteiger partial charge in [0.2, 0.25) is 11.8 Å². The second kappa shape index (κ2) is 11.4. The summed E-state index contributed by atoms with van der Waals surface area (Å²) in [6, 6.07) is 20.5. The molecule has 3 aromatic carbocycles. The van der Waals surface area contributed by atoms with Gasteiger partial charge in [-0.15, -0.1) is 0 Å². The minimum absolute atomic E-state index is 0.200. The van der Waals surface area contributed by atoms with E-state index < -0.39 is 24.4 Å². The topological polar surface area (TPSA) is 122 Å². The number of likely N-dealkylation sites (tertiary alicyclic amines) is 1. The first-order valence-electron chi connectivity index (χ1n) is 16.8. The van der Waals surface area contributed by atoms with Gasteiger partial charge in [0.1, 0.15) is 17.5 Å². The largest absolute Gasteiger partial charge is 0.494 e. The highest BCUT2D eigenvalue weighted by Gasteiger charge is 2.65. The van der Waals surface area contributed by atoms with Gasteiger partial charge in [-0.3, -0.25) is 14.4 Å². The van der Waals surface area contributed by atoms with E-state index in [4.69, 9.17) is 14.0 Å². The summed E-state index contributed by atoms with van der Waals surface area (Å²) in [5.41, 5.74) is 1.90. The molecule has 3 aliphatic heterocycles. The number of carbonyl (C=O) groups excluding carboxylic acids is 3. The molecule has 1 aromatic heterocycles. The normalized spacial score (nSPS) is 24.1. The van der Waals surface area contributed by atoms with E-state index in [2.05, 4.69) is 21.7 Å². The fraction of sp³-hybridized carbons (Fsp3) is 0.378. The Bertz CT molecular complexity index is 2010. The zero-order chi connectivity index (χ0) is 34.3. The quantitative estimate of drug-likeness (QED) is 0.204. The number of carbonyl (C=O) groups is 3. The number of ether oxygens (including phenoxy) is 1. The summed E-state index contributed by atoms with van der Waals surface area (Å²) in [6.45, 7) is 10.2. The number of hydrogen-bond donors (Lipinski definition) is 3. The third-order valence-corrected chi connectivity index (χ3v) is 12.0. The van der Waals surface area contributed by atoms with Crippen LogP contribution in [0.5, 0.6) is 11.5 Å². The molecular formula is C37H39BN4O6S. The number of aromatic amines is 1. The standard InChI is InChI=1S/C37H39BN4O6S/c1-35(2)36(3,4)48-38(47-35)24-11-12-26-22(14-24)15-25(41-26)19-39-34(45)27-17-23-18-37(23,5)42(27)32(43)20-40-33(44)21-10-13-31-29(16-21)46-28-8-6-7-9-30(28)49-31/h6-16,23,27,41H,17-20H2,1-5H3,(H,39,45)(H,40,44)/t23-,27+,37?/m1/s1. The van der Waals surface area contributed by atoms with Gasteiger partial charge in [-0.25, -0.2) is 0 Å². The molecule has 3 N–H and O–H groups in total. The number of aromatic nitrogens is 1. The molecule has 3 fully saturated rings. The van der Waals surface area contributed by atoms with Crippen LogP contribution in [0.1, 0.15) is 63.5 Å². The SMILES string of the molecule is CC12C[C@H]1C[C@@H](C(=O)NCc1cc3cc(B4OC(C)(C)C(C)(C)O4)ccc3[nH]1)N2C(=O)CNC(=O)c1ccc2c(c1)Oc1ccccc1S2. The second-order valence-electron chi connectivity index (χ2n) is 14.7. The number of rotatable bonds is 7. The monoisotopic (exact) mass is 678 g/mol. The summed E-state index contributed by atoms with van der Waals surface area (Å²) in [7, 11) is -0.458. The predicted molar refractivity (Wildman–Crippen MR) is 187 cm³/mol. The summed E-state index contributed by atoms with van der Waals surface area (Å²) in [5, 5.41) is 6.82. The van der Waals surface area contributed by atoms with Crippen LogP contribution in [0.2, 0.25) is 0 Å². The summed E-state index contributed by atoms with van der Waals surface area (Å²) in [5.74, 6) is 0.775. The van der Waals surface area contributed by atoms with E-state index in [-0.39, 0.29) is 35.7 Å². The van der Waals surface area contributed by atoms with Crippen molar-refractivity contribution in [3.8, 4) is 11.5 Å². The van der Waals surface area contributed by atoms with Crippen LogP contribution in [0.25, 0.3) is 10.9 Å². The number of amides is 3. The van der Waals surface area contributed by atoms with Gasteiger partial charge < -0.3 is 34.6 Å². The van der Waals surface area contributed by atoms with Gasteiger partial charge in [0, 0.05) is 22.3 Å². The lowest BCUT2D eigenvalue weighted by Gasteiger charge is -2.32. The Kier molecular flexibility index (Phi) is 7.44. The zero-order valence-corrected chi connectivity index (χ0v) is 29.0. The van der Waals surface area contributed by atoms with Crippen LogP contribution < -0.4 is 20.8 Å². The van der Waals surface area contributed by atoms with Gasteiger partial charge in [0.25, 0.3) is 5.91 Å². The summed E-state index contributed by atoms with van der Waals surface area (Å²) < 4.78 is 18.5. The molecule has 8 rings (SSSR count). The summed E-state index contributed by atoms with van der Waals surface area (Å²) in [6.07, 6.45) is 1.46. The first-order valence-corrected chi connectivity index (χ1v) is 17.6. The van der Waals surface area contributed by atoms with E-state index in [0.717, 1.165) is 44.0 Å². The Labute approximate surface area is 289 Å². The van der Waals surface area contributed by atoms with Crippen molar-refractivity contribution in [2.24, 2.45) is 5.92 Å². The van der Waals surface area contributed by atoms with Gasteiger partial charge in [-0.05, 0) is 107 Å². The smallest absolute Gasteiger partial charge is 0.455 e. The molecule has 252 valence electrons. The number of nitrogens with zero attached hydrogens (tertiary/aromatic N) is 1. The molecule has 3 atom stereocenters. The fourth-order valence-electron chi connectivity index (χ4n) is 7.23. The van der Waals surface area contributed by atoms with Gasteiger partial charge in [-0.2, -0.15) is 0 Å². The van der Waals surface area contributed by atoms with E-state index in [0.29, 0.717) is 24.3 Å². The molecule has 2 saturated heterocycles. The van der Waals surface area contributed by atoms with Gasteiger partial charge in [-0.1, -0.05) is 36.0 Å². The van der Waals surface area contributed by atoms with Gasteiger partial charge >= 0.3 is 7.12 Å². The van der Waals surface area contributed by atoms with Crippen LogP contribution in [0.3, 0.4) is 0 Å². The van der Waals surface area contributed by atoms with E-state index in [1.54, 1.807) is 28.8 Å². The number of piperidine rings is 1. The highest BCUT2D eigenvalue weighted by molar-refractivity contribution is 7.99. The minimum atomic E-state index is -0.596. The molecule has 1 aliphatic carbocycles. The molecule has 49 heavy (non-hydrogen) atoms. The molecule has 4 aromatic rings. The van der Waals surface area contributed by atoms with Crippen molar-refractivity contribution in [2.45, 2.75) is 86.6 Å². The number of nitrogens with one attached hydrogen (secondary N) is 3. The van der Waals surface area contributed by atoms with Crippen molar-refractivity contribution in [1.29, 1.82) is 0 Å². The number of fused-ring (bicyclic) bond motifs is 4. The predicted octanol–water partition coefficient (Wildman–Crippen LogP) is 5.15. The maximum atomic E-state index is 13.6. The molecule has 1 saturated carbocycles. The lowest BCUT2D eigenvalue weighted by atomic mass is 9.79. The van der Waals surface area contributed by atoms with Crippen molar-refractivity contribution >= 4 is 53.0 Å². The number of H-pyrrole nitrogens is 1. The lowest BCUT2D eigenvalue weighted by Crippen LogP contribution is -2.53. The van der Waals surface area contributed by atoms with Crippen molar-refractivity contribution in [3.63, 3.8) is 0 Å². The Balaban J connectivity index is 0.893. The minimum Gasteiger partial charge on any atom is -0.455 e. The molecular weight excluding hydrogens is 639 g/mol. The van der Waals surface area contributed by atoms with Gasteiger partial charge in [0.15, 0.2) is 0 Å². The molecule has 0 radical (unpaired) electrons. The highest BCUT2D eigenvalue weighted by atomic mass is 32.2. The first kappa shape index (κ1) is 32.0. The molecule has 4 aliphatic rings. The molecule has 10 nitrogen and oxygen atoms in total. The average Bonchev–Trinajstić information content (AvgIpc) is 3.31. The Morgan fingerprint density at radius 3 is 2.47 bits per heavy atom. The molecule has 0 spiro atoms. The molecule has 3 amide bonds. The second-order valence-corrected chi connectivity index (χ2v) is 15.8. The van der Waals surface area contributed by atoms with Crippen LogP contribution in [0.15, 0.2) is 76.5 Å². The van der Waals surface area contributed by atoms with Crippen LogP contribution in [0, 0.1) is 5.92 Å². The van der Waals surface area contributed by atoms with Crippen molar-refractivity contribution < 1.29 is 28.4 Å². The number of benzene rings is 3. The lowest BCUT2D eigenvalue weighted by molar-refractivity contribution is -0.141. The number of hydrogen-bond acceptors (Lipinski definition) is 7. The van der Waals surface area contributed by atoms with Crippen molar-refractivity contribution in [1.82, 2.24) is 20.5 Å². The van der Waals surface area contributed by atoms with Crippen LogP contribution >= 0.6 is 11.8 Å². The Morgan fingerprint density at radius 1 is 0.918 bits per heavy atom. The average molecular weight is 679 g/mol. The summed E-state index contributed by atoms with van der Waals surface area (Å²) in [4.78, 5) is 47.3. The maximum Gasteiger partial charge on any atom is 0.494 e. The maximum absolute atomic E-state index is 13.6. The fourth-order valence-corrected chi connectivity index (χ4v) is 8.16. The van der Waals surface area contributed by atoms with E-state index in [9.17, 15) is 14.4 Å². The highest BCUT2D eigenvalue weighted by Crippen LogP contribution is 2.57.